The Kier molecular flexibility index (Phi) is 2.44. The van der Waals surface area contributed by atoms with Crippen molar-refractivity contribution < 1.29 is 4.79 Å². The van der Waals surface area contributed by atoms with Crippen molar-refractivity contribution in [2.24, 2.45) is 5.92 Å². The number of rotatable bonds is 2. The van der Waals surface area contributed by atoms with Gasteiger partial charge in [-0.1, -0.05) is 6.42 Å². The van der Waals surface area contributed by atoms with E-state index in [1.54, 1.807) is 0 Å². The molecule has 0 atom stereocenters. The van der Waals surface area contributed by atoms with E-state index in [0.29, 0.717) is 11.3 Å². The summed E-state index contributed by atoms with van der Waals surface area (Å²) in [6.45, 7) is 0. The third-order valence-electron chi connectivity index (χ3n) is 3.02. The molecule has 0 saturated heterocycles. The lowest BCUT2D eigenvalue weighted by Crippen LogP contribution is -2.28. The Bertz CT molecular complexity index is 577. The molecule has 17 heavy (non-hydrogen) atoms. The van der Waals surface area contributed by atoms with Gasteiger partial charge in [0.05, 0.1) is 6.20 Å². The lowest BCUT2D eigenvalue weighted by Gasteiger charge is -2.23. The van der Waals surface area contributed by atoms with Gasteiger partial charge in [-0.05, 0) is 24.4 Å². The van der Waals surface area contributed by atoms with Gasteiger partial charge in [0, 0.05) is 5.92 Å². The minimum Gasteiger partial charge on any atom is -0.321 e. The van der Waals surface area contributed by atoms with Crippen LogP contribution in [0.15, 0.2) is 12.5 Å². The van der Waals surface area contributed by atoms with Crippen molar-refractivity contribution in [1.29, 1.82) is 0 Å². The smallest absolute Gasteiger partial charge is 0.227 e. The number of aromatic nitrogens is 4. The van der Waals surface area contributed by atoms with Gasteiger partial charge in [0.1, 0.15) is 12.0 Å². The highest BCUT2D eigenvalue weighted by atomic mass is 35.5. The van der Waals surface area contributed by atoms with Crippen LogP contribution in [0.2, 0.25) is 5.28 Å². The number of carbonyl (C=O) groups excluding carboxylic acids is 1. The molecule has 0 unspecified atom stereocenters. The fourth-order valence-electron chi connectivity index (χ4n) is 1.78. The number of fused-ring (bicyclic) bond motifs is 1. The van der Waals surface area contributed by atoms with E-state index in [-0.39, 0.29) is 17.1 Å². The second kappa shape index (κ2) is 3.96. The van der Waals surface area contributed by atoms with Crippen molar-refractivity contribution in [3.05, 3.63) is 17.8 Å². The molecule has 0 spiro atoms. The molecule has 0 radical (unpaired) electrons. The summed E-state index contributed by atoms with van der Waals surface area (Å²) in [7, 11) is 0. The molecule has 1 aliphatic rings. The van der Waals surface area contributed by atoms with E-state index < -0.39 is 0 Å². The summed E-state index contributed by atoms with van der Waals surface area (Å²) in [5, 5.41) is 10.7. The van der Waals surface area contributed by atoms with E-state index >= 15 is 0 Å². The first-order chi connectivity index (χ1) is 8.25. The van der Waals surface area contributed by atoms with Gasteiger partial charge in [-0.25, -0.2) is 4.98 Å². The van der Waals surface area contributed by atoms with E-state index in [2.05, 4.69) is 20.5 Å². The van der Waals surface area contributed by atoms with Crippen LogP contribution in [0, 0.1) is 5.92 Å². The van der Waals surface area contributed by atoms with Crippen molar-refractivity contribution >= 4 is 28.8 Å². The molecule has 1 saturated carbocycles. The molecular formula is C10H10ClN5O. The van der Waals surface area contributed by atoms with E-state index in [9.17, 15) is 4.79 Å². The highest BCUT2D eigenvalue weighted by molar-refractivity contribution is 6.28. The number of hydrogen-bond acceptors (Lipinski definition) is 4. The minimum atomic E-state index is 0.0188. The molecule has 1 aliphatic carbocycles. The Hall–Kier alpha value is -1.69. The normalized spacial score (nSPS) is 15.8. The summed E-state index contributed by atoms with van der Waals surface area (Å²) in [5.41, 5.74) is 1.06. The third-order valence-corrected chi connectivity index (χ3v) is 3.30. The van der Waals surface area contributed by atoms with Crippen molar-refractivity contribution in [1.82, 2.24) is 19.6 Å². The maximum Gasteiger partial charge on any atom is 0.227 e. The van der Waals surface area contributed by atoms with Gasteiger partial charge < -0.3 is 5.32 Å². The standard InChI is InChI=1S/C10H10ClN5O/c11-10-12-4-7(8-15-13-5-16(8)10)14-9(17)6-2-1-3-6/h4-6H,1-3H2,(H,14,17). The van der Waals surface area contributed by atoms with E-state index in [4.69, 9.17) is 11.6 Å². The van der Waals surface area contributed by atoms with E-state index in [1.807, 2.05) is 0 Å². The fourth-order valence-corrected chi connectivity index (χ4v) is 1.96. The molecule has 7 heteroatoms. The van der Waals surface area contributed by atoms with Crippen molar-refractivity contribution in [3.8, 4) is 0 Å². The van der Waals surface area contributed by atoms with Crippen LogP contribution < -0.4 is 5.32 Å². The predicted molar refractivity (Wildman–Crippen MR) is 61.8 cm³/mol. The zero-order valence-electron chi connectivity index (χ0n) is 8.93. The van der Waals surface area contributed by atoms with E-state index in [0.717, 1.165) is 19.3 Å². The maximum atomic E-state index is 11.8. The first-order valence-corrected chi connectivity index (χ1v) is 5.78. The number of hydrogen-bond donors (Lipinski definition) is 1. The van der Waals surface area contributed by atoms with Crippen molar-refractivity contribution in [2.45, 2.75) is 19.3 Å². The summed E-state index contributed by atoms with van der Waals surface area (Å²) in [6.07, 6.45) is 6.00. The second-order valence-electron chi connectivity index (χ2n) is 4.08. The molecule has 2 heterocycles. The van der Waals surface area contributed by atoms with Crippen molar-refractivity contribution in [3.63, 3.8) is 0 Å². The molecule has 2 aromatic rings. The quantitative estimate of drug-likeness (QED) is 0.822. The van der Waals surface area contributed by atoms with Gasteiger partial charge in [-0.2, -0.15) is 0 Å². The summed E-state index contributed by atoms with van der Waals surface area (Å²) in [6, 6.07) is 0. The SMILES string of the molecule is O=C(Nc1cnc(Cl)n2cnnc12)C1CCC1. The van der Waals surface area contributed by atoms with Gasteiger partial charge in [-0.15, -0.1) is 10.2 Å². The maximum absolute atomic E-state index is 11.8. The van der Waals surface area contributed by atoms with Gasteiger partial charge in [0.2, 0.25) is 11.2 Å². The second-order valence-corrected chi connectivity index (χ2v) is 4.42. The number of halogens is 1. The molecule has 1 fully saturated rings. The van der Waals surface area contributed by atoms with Crippen LogP contribution in [-0.4, -0.2) is 25.5 Å². The van der Waals surface area contributed by atoms with Crippen LogP contribution >= 0.6 is 11.6 Å². The lowest BCUT2D eigenvalue weighted by molar-refractivity contribution is -0.122. The minimum absolute atomic E-state index is 0.0188. The van der Waals surface area contributed by atoms with Gasteiger partial charge >= 0.3 is 0 Å². The molecular weight excluding hydrogens is 242 g/mol. The Labute approximate surface area is 102 Å². The van der Waals surface area contributed by atoms with E-state index in [1.165, 1.54) is 16.9 Å². The first-order valence-electron chi connectivity index (χ1n) is 5.41. The summed E-state index contributed by atoms with van der Waals surface area (Å²) in [4.78, 5) is 15.8. The monoisotopic (exact) mass is 251 g/mol. The number of nitrogens with one attached hydrogen (secondary N) is 1. The van der Waals surface area contributed by atoms with Crippen LogP contribution in [0.1, 0.15) is 19.3 Å². The van der Waals surface area contributed by atoms with Crippen molar-refractivity contribution in [2.75, 3.05) is 5.32 Å². The highest BCUT2D eigenvalue weighted by Crippen LogP contribution is 2.28. The Balaban J connectivity index is 1.92. The topological polar surface area (TPSA) is 72.2 Å². The summed E-state index contributed by atoms with van der Waals surface area (Å²) in [5.74, 6) is 0.138. The number of anilines is 1. The molecule has 1 N–H and O–H groups in total. The number of carbonyl (C=O) groups is 1. The number of amides is 1. The summed E-state index contributed by atoms with van der Waals surface area (Å²) < 4.78 is 1.53. The molecule has 1 amide bonds. The van der Waals surface area contributed by atoms with Crippen LogP contribution in [-0.2, 0) is 4.79 Å². The highest BCUT2D eigenvalue weighted by Gasteiger charge is 2.26. The predicted octanol–water partition coefficient (Wildman–Crippen LogP) is 1.52. The third kappa shape index (κ3) is 1.74. The van der Waals surface area contributed by atoms with Gasteiger partial charge in [0.15, 0.2) is 5.65 Å². The van der Waals surface area contributed by atoms with Gasteiger partial charge in [-0.3, -0.25) is 9.20 Å². The zero-order chi connectivity index (χ0) is 11.8. The average molecular weight is 252 g/mol. The largest absolute Gasteiger partial charge is 0.321 e. The molecule has 3 rings (SSSR count). The van der Waals surface area contributed by atoms with Crippen LogP contribution in [0.25, 0.3) is 5.65 Å². The zero-order valence-corrected chi connectivity index (χ0v) is 9.68. The first kappa shape index (κ1) is 10.5. The Morgan fingerprint density at radius 1 is 1.53 bits per heavy atom. The summed E-state index contributed by atoms with van der Waals surface area (Å²) >= 11 is 5.87. The molecule has 2 aromatic heterocycles. The van der Waals surface area contributed by atoms with Crippen LogP contribution in [0.3, 0.4) is 0 Å². The molecule has 0 bridgehead atoms. The Morgan fingerprint density at radius 3 is 3.06 bits per heavy atom. The van der Waals surface area contributed by atoms with Gasteiger partial charge in [0.25, 0.3) is 0 Å². The van der Waals surface area contributed by atoms with Crippen LogP contribution in [0.5, 0.6) is 0 Å². The number of nitrogens with zero attached hydrogens (tertiary/aromatic N) is 4. The molecule has 88 valence electrons. The molecule has 0 aliphatic heterocycles. The average Bonchev–Trinajstić information content (AvgIpc) is 2.69. The Morgan fingerprint density at radius 2 is 2.35 bits per heavy atom. The van der Waals surface area contributed by atoms with Crippen LogP contribution in [0.4, 0.5) is 5.69 Å². The fraction of sp³-hybridized carbons (Fsp3) is 0.400. The lowest BCUT2D eigenvalue weighted by atomic mass is 9.85. The molecule has 6 nitrogen and oxygen atoms in total. The molecule has 0 aromatic carbocycles.